The Morgan fingerprint density at radius 1 is 1.86 bits per heavy atom. The third-order valence-corrected chi connectivity index (χ3v) is 1.08. The van der Waals surface area contributed by atoms with Gasteiger partial charge in [0.1, 0.15) is 6.67 Å². The maximum atomic E-state index is 3.99. The van der Waals surface area contributed by atoms with E-state index in [1.54, 1.807) is 6.21 Å². The van der Waals surface area contributed by atoms with Crippen molar-refractivity contribution in [2.75, 3.05) is 12.4 Å². The summed E-state index contributed by atoms with van der Waals surface area (Å²) in [6.07, 6.45) is 1.76. The molecule has 0 aromatic carbocycles. The number of hydrogen-bond donors (Lipinski definition) is 1. The summed E-state index contributed by atoms with van der Waals surface area (Å²) in [5, 5.41) is 0. The predicted molar refractivity (Wildman–Crippen MR) is 34.6 cm³/mol. The fourth-order valence-electron chi connectivity index (χ4n) is 0.409. The summed E-state index contributed by atoms with van der Waals surface area (Å²) in [6.45, 7) is 0.607. The Labute approximate surface area is 47.8 Å². The summed E-state index contributed by atoms with van der Waals surface area (Å²) >= 11 is 3.99. The van der Waals surface area contributed by atoms with Crippen LogP contribution in [0.15, 0.2) is 9.98 Å². The summed E-state index contributed by atoms with van der Waals surface area (Å²) < 4.78 is 0. The summed E-state index contributed by atoms with van der Waals surface area (Å²) in [5.41, 5.74) is 0.989. The molecule has 0 saturated heterocycles. The van der Waals surface area contributed by atoms with Crippen LogP contribution >= 0.6 is 12.6 Å². The van der Waals surface area contributed by atoms with Gasteiger partial charge in [0.05, 0.1) is 5.71 Å². The smallest absolute Gasteiger partial charge is 0.129 e. The molecule has 0 aliphatic carbocycles. The molecule has 0 aromatic rings. The van der Waals surface area contributed by atoms with E-state index in [1.807, 2.05) is 0 Å². The largest absolute Gasteiger partial charge is 0.268 e. The molecule has 0 saturated carbocycles. The Kier molecular flexibility index (Phi) is 1.46. The second kappa shape index (κ2) is 2.12. The molecule has 2 nitrogen and oxygen atoms in total. The van der Waals surface area contributed by atoms with Crippen LogP contribution in [0.2, 0.25) is 0 Å². The average molecular weight is 114 g/mol. The normalized spacial score (nSPS) is 17.6. The maximum absolute atomic E-state index is 3.99. The minimum Gasteiger partial charge on any atom is -0.268 e. The van der Waals surface area contributed by atoms with E-state index in [-0.39, 0.29) is 0 Å². The van der Waals surface area contributed by atoms with Crippen LogP contribution in [0.3, 0.4) is 0 Å². The first-order valence-electron chi connectivity index (χ1n) is 2.07. The van der Waals surface area contributed by atoms with E-state index in [2.05, 4.69) is 22.6 Å². The third-order valence-electron chi connectivity index (χ3n) is 0.758. The molecule has 0 spiro atoms. The van der Waals surface area contributed by atoms with Crippen LogP contribution in [-0.4, -0.2) is 24.3 Å². The SMILES string of the molecule is SCC1=NCN=C1. The highest BCUT2D eigenvalue weighted by atomic mass is 32.1. The molecule has 0 fully saturated rings. The first-order valence-corrected chi connectivity index (χ1v) is 2.71. The summed E-state index contributed by atoms with van der Waals surface area (Å²) in [7, 11) is 0. The first kappa shape index (κ1) is 4.84. The quantitative estimate of drug-likeness (QED) is 0.477. The fourth-order valence-corrected chi connectivity index (χ4v) is 0.591. The van der Waals surface area contributed by atoms with Gasteiger partial charge in [-0.1, -0.05) is 0 Å². The van der Waals surface area contributed by atoms with Crippen LogP contribution in [0.5, 0.6) is 0 Å². The summed E-state index contributed by atoms with van der Waals surface area (Å²) in [4.78, 5) is 7.83. The van der Waals surface area contributed by atoms with Crippen LogP contribution < -0.4 is 0 Å². The zero-order chi connectivity index (χ0) is 5.11. The van der Waals surface area contributed by atoms with Crippen molar-refractivity contribution >= 4 is 24.6 Å². The van der Waals surface area contributed by atoms with Crippen LogP contribution in [-0.2, 0) is 0 Å². The van der Waals surface area contributed by atoms with Crippen molar-refractivity contribution in [3.63, 3.8) is 0 Å². The molecule has 0 aromatic heterocycles. The van der Waals surface area contributed by atoms with Gasteiger partial charge < -0.3 is 0 Å². The van der Waals surface area contributed by atoms with Gasteiger partial charge in [-0.25, -0.2) is 0 Å². The first-order chi connectivity index (χ1) is 3.43. The van der Waals surface area contributed by atoms with Gasteiger partial charge in [0, 0.05) is 12.0 Å². The molecule has 38 valence electrons. The highest BCUT2D eigenvalue weighted by Gasteiger charge is 1.93. The van der Waals surface area contributed by atoms with E-state index in [0.29, 0.717) is 12.4 Å². The number of nitrogens with zero attached hydrogens (tertiary/aromatic N) is 2. The van der Waals surface area contributed by atoms with Gasteiger partial charge in [-0.15, -0.1) is 0 Å². The lowest BCUT2D eigenvalue weighted by Crippen LogP contribution is -1.95. The Morgan fingerprint density at radius 2 is 2.71 bits per heavy atom. The van der Waals surface area contributed by atoms with Crippen molar-refractivity contribution in [3.05, 3.63) is 0 Å². The van der Waals surface area contributed by atoms with Crippen LogP contribution in [0.25, 0.3) is 0 Å². The lowest BCUT2D eigenvalue weighted by molar-refractivity contribution is 1.10. The van der Waals surface area contributed by atoms with Gasteiger partial charge >= 0.3 is 0 Å². The topological polar surface area (TPSA) is 24.7 Å². The zero-order valence-corrected chi connectivity index (χ0v) is 4.73. The van der Waals surface area contributed by atoms with E-state index >= 15 is 0 Å². The Morgan fingerprint density at radius 3 is 3.00 bits per heavy atom. The van der Waals surface area contributed by atoms with Crippen LogP contribution in [0, 0.1) is 0 Å². The Bertz CT molecular complexity index is 117. The van der Waals surface area contributed by atoms with Crippen molar-refractivity contribution in [2.24, 2.45) is 9.98 Å². The van der Waals surface area contributed by atoms with Crippen molar-refractivity contribution in [2.45, 2.75) is 0 Å². The molecule has 0 bridgehead atoms. The molecule has 1 aliphatic heterocycles. The lowest BCUT2D eigenvalue weighted by atomic mass is 10.5. The number of aliphatic imine (C=N–C) groups is 2. The fraction of sp³-hybridized carbons (Fsp3) is 0.500. The van der Waals surface area contributed by atoms with Gasteiger partial charge in [0.15, 0.2) is 0 Å². The minimum atomic E-state index is 0.607. The molecule has 0 radical (unpaired) electrons. The predicted octanol–water partition coefficient (Wildman–Crippen LogP) is 0.399. The van der Waals surface area contributed by atoms with Crippen molar-refractivity contribution < 1.29 is 0 Å². The van der Waals surface area contributed by atoms with Gasteiger partial charge in [0.2, 0.25) is 0 Å². The second-order valence-corrected chi connectivity index (χ2v) is 1.58. The van der Waals surface area contributed by atoms with E-state index in [1.165, 1.54) is 0 Å². The van der Waals surface area contributed by atoms with E-state index in [0.717, 1.165) is 5.71 Å². The van der Waals surface area contributed by atoms with Crippen LogP contribution in [0.4, 0.5) is 0 Å². The van der Waals surface area contributed by atoms with Crippen molar-refractivity contribution in [1.82, 2.24) is 0 Å². The highest BCUT2D eigenvalue weighted by Crippen LogP contribution is 1.88. The minimum absolute atomic E-state index is 0.607. The molecule has 0 atom stereocenters. The van der Waals surface area contributed by atoms with Gasteiger partial charge in [0.25, 0.3) is 0 Å². The summed E-state index contributed by atoms with van der Waals surface area (Å²) in [6, 6.07) is 0. The Hall–Kier alpha value is -0.310. The van der Waals surface area contributed by atoms with Crippen molar-refractivity contribution in [1.29, 1.82) is 0 Å². The number of thiol groups is 1. The highest BCUT2D eigenvalue weighted by molar-refractivity contribution is 7.81. The number of hydrogen-bond acceptors (Lipinski definition) is 3. The molecule has 0 N–H and O–H groups in total. The molecule has 7 heavy (non-hydrogen) atoms. The standard InChI is InChI=1S/C4H6N2S/c7-2-4-1-5-3-6-4/h1,7H,2-3H2. The molecule has 1 aliphatic rings. The van der Waals surface area contributed by atoms with Gasteiger partial charge in [-0.2, -0.15) is 12.6 Å². The summed E-state index contributed by atoms with van der Waals surface area (Å²) in [5.74, 6) is 0.712. The molecule has 0 unspecified atom stereocenters. The Balaban J connectivity index is 2.52. The lowest BCUT2D eigenvalue weighted by Gasteiger charge is -1.80. The second-order valence-electron chi connectivity index (χ2n) is 1.26. The molecule has 1 rings (SSSR count). The average Bonchev–Trinajstić information content (AvgIpc) is 2.14. The molecule has 3 heteroatoms. The van der Waals surface area contributed by atoms with Crippen molar-refractivity contribution in [3.8, 4) is 0 Å². The van der Waals surface area contributed by atoms with E-state index < -0.39 is 0 Å². The third kappa shape index (κ3) is 1.03. The number of rotatable bonds is 1. The molecule has 1 heterocycles. The van der Waals surface area contributed by atoms with E-state index in [9.17, 15) is 0 Å². The maximum Gasteiger partial charge on any atom is 0.129 e. The molecule has 0 amide bonds. The zero-order valence-electron chi connectivity index (χ0n) is 3.83. The molecular formula is C4H6N2S. The van der Waals surface area contributed by atoms with Gasteiger partial charge in [-0.05, 0) is 0 Å². The monoisotopic (exact) mass is 114 g/mol. The molecular weight excluding hydrogens is 108 g/mol. The van der Waals surface area contributed by atoms with E-state index in [4.69, 9.17) is 0 Å². The van der Waals surface area contributed by atoms with Crippen LogP contribution in [0.1, 0.15) is 0 Å². The van der Waals surface area contributed by atoms with Gasteiger partial charge in [-0.3, -0.25) is 9.98 Å².